The molecule has 1 aliphatic heterocycles. The Morgan fingerprint density at radius 1 is 0.643 bits per heavy atom. The first-order valence-corrected chi connectivity index (χ1v) is 15.0. The van der Waals surface area contributed by atoms with E-state index < -0.39 is 0 Å². The smallest absolute Gasteiger partial charge is 0.208 e. The number of fused-ring (bicyclic) bond motifs is 2. The molecule has 5 aromatic carbocycles. The largest absolute Gasteiger partial charge is 0.493 e. The molecule has 1 heterocycles. The Balaban J connectivity index is 1.04. The molecule has 6 rings (SSSR count). The molecule has 0 amide bonds. The van der Waals surface area contributed by atoms with E-state index in [1.165, 1.54) is 66.3 Å². The number of ether oxygens (including phenoxy) is 2. The lowest BCUT2D eigenvalue weighted by molar-refractivity contribution is 0.108. The average molecular weight is 557 g/mol. The fourth-order valence-corrected chi connectivity index (χ4v) is 6.58. The summed E-state index contributed by atoms with van der Waals surface area (Å²) >= 11 is 0. The quantitative estimate of drug-likeness (QED) is 0.134. The lowest BCUT2D eigenvalue weighted by Crippen LogP contribution is -2.21. The van der Waals surface area contributed by atoms with Crippen LogP contribution >= 0.6 is 0 Å². The summed E-state index contributed by atoms with van der Waals surface area (Å²) in [5, 5.41) is 5.03. The Labute approximate surface area is 250 Å². The number of nitrogens with zero attached hydrogens (tertiary/aromatic N) is 2. The summed E-state index contributed by atoms with van der Waals surface area (Å²) in [6, 6.07) is 28.2. The van der Waals surface area contributed by atoms with E-state index in [2.05, 4.69) is 130 Å². The van der Waals surface area contributed by atoms with Gasteiger partial charge in [-0.3, -0.25) is 0 Å². The highest BCUT2D eigenvalue weighted by atomic mass is 16.5. The standard InChI is InChI=1S/C38H40N2O2/c1-26-19-27(2)37(28(3)20-26)39-15-16-40(25-39)38-29(4)21-33(22-30(38)5)42-18-10-17-41-24-36-34-13-8-6-11-31(34)23-32-12-7-9-14-35(32)36/h6-9,11-14,19-23H,10,15-18,24H2,1-5H3. The van der Waals surface area contributed by atoms with E-state index in [4.69, 9.17) is 9.47 Å². The minimum absolute atomic E-state index is 0.594. The molecule has 0 saturated carbocycles. The lowest BCUT2D eigenvalue weighted by Gasteiger charge is -2.25. The number of benzene rings is 5. The third-order valence-electron chi connectivity index (χ3n) is 8.26. The number of hydrogen-bond acceptors (Lipinski definition) is 4. The van der Waals surface area contributed by atoms with E-state index in [1.54, 1.807) is 0 Å². The molecular formula is C38H40N2O2. The van der Waals surface area contributed by atoms with Gasteiger partial charge in [-0.2, -0.15) is 0 Å². The maximum atomic E-state index is 6.18. The van der Waals surface area contributed by atoms with Crippen LogP contribution < -0.4 is 14.5 Å². The van der Waals surface area contributed by atoms with Crippen LogP contribution in [0.5, 0.6) is 5.75 Å². The Morgan fingerprint density at radius 2 is 1.17 bits per heavy atom. The van der Waals surface area contributed by atoms with Gasteiger partial charge in [0, 0.05) is 30.9 Å². The molecule has 0 aromatic heterocycles. The van der Waals surface area contributed by atoms with Crippen LogP contribution in [0.2, 0.25) is 0 Å². The van der Waals surface area contributed by atoms with Crippen LogP contribution in [0, 0.1) is 41.3 Å². The van der Waals surface area contributed by atoms with Gasteiger partial charge in [0.25, 0.3) is 0 Å². The summed E-state index contributed by atoms with van der Waals surface area (Å²) in [6.07, 6.45) is 0.834. The molecule has 4 nitrogen and oxygen atoms in total. The van der Waals surface area contributed by atoms with Crippen molar-refractivity contribution in [2.24, 2.45) is 0 Å². The highest BCUT2D eigenvalue weighted by molar-refractivity contribution is 6.02. The van der Waals surface area contributed by atoms with Crippen LogP contribution in [0.1, 0.15) is 39.8 Å². The summed E-state index contributed by atoms with van der Waals surface area (Å²) in [5.74, 6) is 0.912. The normalized spacial score (nSPS) is 13.5. The fraction of sp³-hybridized carbons (Fsp3) is 0.289. The third-order valence-corrected chi connectivity index (χ3v) is 8.26. The van der Waals surface area contributed by atoms with Crippen LogP contribution in [-0.4, -0.2) is 26.3 Å². The minimum atomic E-state index is 0.594. The SMILES string of the molecule is Cc1cc(C)c(N2[C]N(c3c(C)cc(OCCCOCc4c5ccccc5cc5ccccc45)cc3C)CC2)c(C)c1. The molecule has 5 aromatic rings. The van der Waals surface area contributed by atoms with Crippen molar-refractivity contribution in [2.45, 2.75) is 47.6 Å². The fourth-order valence-electron chi connectivity index (χ4n) is 6.58. The molecule has 214 valence electrons. The van der Waals surface area contributed by atoms with E-state index in [9.17, 15) is 0 Å². The monoisotopic (exact) mass is 556 g/mol. The molecule has 1 saturated heterocycles. The molecule has 0 N–H and O–H groups in total. The van der Waals surface area contributed by atoms with Crippen molar-refractivity contribution in [2.75, 3.05) is 36.1 Å². The van der Waals surface area contributed by atoms with Gasteiger partial charge in [0.05, 0.1) is 19.8 Å². The topological polar surface area (TPSA) is 24.9 Å². The summed E-state index contributed by atoms with van der Waals surface area (Å²) in [4.78, 5) is 4.53. The first kappa shape index (κ1) is 28.1. The predicted molar refractivity (Wildman–Crippen MR) is 176 cm³/mol. The Bertz CT molecular complexity index is 1640. The molecule has 1 fully saturated rings. The van der Waals surface area contributed by atoms with Crippen molar-refractivity contribution < 1.29 is 9.47 Å². The van der Waals surface area contributed by atoms with Crippen molar-refractivity contribution in [3.63, 3.8) is 0 Å². The summed E-state index contributed by atoms with van der Waals surface area (Å²) in [5.41, 5.74) is 10.1. The van der Waals surface area contributed by atoms with Crippen molar-refractivity contribution in [1.29, 1.82) is 0 Å². The summed E-state index contributed by atoms with van der Waals surface area (Å²) in [6.45, 7) is 18.2. The second-order valence-electron chi connectivity index (χ2n) is 11.6. The van der Waals surface area contributed by atoms with Crippen LogP contribution in [0.4, 0.5) is 11.4 Å². The molecule has 42 heavy (non-hydrogen) atoms. The lowest BCUT2D eigenvalue weighted by atomic mass is 9.97. The van der Waals surface area contributed by atoms with E-state index in [0.29, 0.717) is 19.8 Å². The molecular weight excluding hydrogens is 516 g/mol. The highest BCUT2D eigenvalue weighted by Crippen LogP contribution is 2.36. The van der Waals surface area contributed by atoms with Crippen LogP contribution in [0.15, 0.2) is 78.9 Å². The van der Waals surface area contributed by atoms with Crippen molar-refractivity contribution >= 4 is 32.9 Å². The summed E-state index contributed by atoms with van der Waals surface area (Å²) < 4.78 is 12.4. The Morgan fingerprint density at radius 3 is 1.74 bits per heavy atom. The van der Waals surface area contributed by atoms with Gasteiger partial charge in [0.1, 0.15) is 5.75 Å². The van der Waals surface area contributed by atoms with Crippen molar-refractivity contribution in [3.8, 4) is 5.75 Å². The molecule has 0 bridgehead atoms. The first-order valence-electron chi connectivity index (χ1n) is 15.0. The average Bonchev–Trinajstić information content (AvgIpc) is 3.42. The molecule has 0 atom stereocenters. The molecule has 0 aliphatic carbocycles. The van der Waals surface area contributed by atoms with Gasteiger partial charge in [-0.05, 0) is 102 Å². The zero-order valence-electron chi connectivity index (χ0n) is 25.5. The van der Waals surface area contributed by atoms with Gasteiger partial charge >= 0.3 is 0 Å². The van der Waals surface area contributed by atoms with Crippen LogP contribution in [0.3, 0.4) is 0 Å². The highest BCUT2D eigenvalue weighted by Gasteiger charge is 2.27. The summed E-state index contributed by atoms with van der Waals surface area (Å²) in [7, 11) is 0. The second kappa shape index (κ2) is 12.1. The minimum Gasteiger partial charge on any atom is -0.493 e. The molecule has 0 spiro atoms. The predicted octanol–water partition coefficient (Wildman–Crippen LogP) is 8.84. The molecule has 4 heteroatoms. The Hall–Kier alpha value is -4.02. The zero-order chi connectivity index (χ0) is 29.2. The number of hydrogen-bond donors (Lipinski definition) is 0. The van der Waals surface area contributed by atoms with Gasteiger partial charge in [-0.15, -0.1) is 0 Å². The molecule has 2 radical (unpaired) electrons. The molecule has 1 aliphatic rings. The number of aryl methyl sites for hydroxylation is 5. The zero-order valence-corrected chi connectivity index (χ0v) is 25.5. The maximum absolute atomic E-state index is 6.18. The second-order valence-corrected chi connectivity index (χ2v) is 11.6. The van der Waals surface area contributed by atoms with Crippen LogP contribution in [0.25, 0.3) is 21.5 Å². The van der Waals surface area contributed by atoms with Gasteiger partial charge in [-0.1, -0.05) is 66.2 Å². The van der Waals surface area contributed by atoms with E-state index in [1.807, 2.05) is 0 Å². The maximum Gasteiger partial charge on any atom is 0.208 e. The van der Waals surface area contributed by atoms with Crippen molar-refractivity contribution in [3.05, 3.63) is 119 Å². The van der Waals surface area contributed by atoms with E-state index in [-0.39, 0.29) is 0 Å². The van der Waals surface area contributed by atoms with Crippen LogP contribution in [-0.2, 0) is 11.3 Å². The Kier molecular flexibility index (Phi) is 8.08. The van der Waals surface area contributed by atoms with Gasteiger partial charge in [-0.25, -0.2) is 0 Å². The van der Waals surface area contributed by atoms with E-state index in [0.717, 1.165) is 25.3 Å². The van der Waals surface area contributed by atoms with Crippen molar-refractivity contribution in [1.82, 2.24) is 0 Å². The van der Waals surface area contributed by atoms with Gasteiger partial charge in [0.15, 0.2) is 0 Å². The van der Waals surface area contributed by atoms with Gasteiger partial charge in [0.2, 0.25) is 6.67 Å². The third kappa shape index (κ3) is 5.69. The van der Waals surface area contributed by atoms with Gasteiger partial charge < -0.3 is 19.3 Å². The number of rotatable bonds is 9. The van der Waals surface area contributed by atoms with E-state index >= 15 is 0 Å². The first-order chi connectivity index (χ1) is 20.4. The molecule has 0 unspecified atom stereocenters. The number of anilines is 2.